The summed E-state index contributed by atoms with van der Waals surface area (Å²) in [7, 11) is 0. The highest BCUT2D eigenvalue weighted by molar-refractivity contribution is 5.88. The Balaban J connectivity index is 1.78. The van der Waals surface area contributed by atoms with Crippen LogP contribution in [-0.4, -0.2) is 41.9 Å². The summed E-state index contributed by atoms with van der Waals surface area (Å²) >= 11 is 0. The van der Waals surface area contributed by atoms with Crippen molar-refractivity contribution in [2.45, 2.75) is 76.8 Å². The standard InChI is InChI=1S/C17H31N3O2/c1-2-19-17(22)15-11-14(18)12-20(15)16(21)10-6-9-13-7-4-3-5-8-13/h13-15H,2-12,18H2,1H3,(H,19,22)/t14-,15-/m0/s1. The molecule has 1 aliphatic heterocycles. The second kappa shape index (κ2) is 8.51. The predicted molar refractivity (Wildman–Crippen MR) is 87.2 cm³/mol. The number of amides is 2. The fourth-order valence-electron chi connectivity index (χ4n) is 3.85. The Morgan fingerprint density at radius 1 is 1.23 bits per heavy atom. The van der Waals surface area contributed by atoms with Crippen molar-refractivity contribution in [3.63, 3.8) is 0 Å². The largest absolute Gasteiger partial charge is 0.355 e. The number of carbonyl (C=O) groups excluding carboxylic acids is 2. The Labute approximate surface area is 134 Å². The third-order valence-corrected chi connectivity index (χ3v) is 5.04. The third-order valence-electron chi connectivity index (χ3n) is 5.04. The molecule has 2 rings (SSSR count). The lowest BCUT2D eigenvalue weighted by Gasteiger charge is -2.25. The highest BCUT2D eigenvalue weighted by atomic mass is 16.2. The highest BCUT2D eigenvalue weighted by Gasteiger charge is 2.37. The van der Waals surface area contributed by atoms with Gasteiger partial charge < -0.3 is 16.0 Å². The predicted octanol–water partition coefficient (Wildman–Crippen LogP) is 1.80. The van der Waals surface area contributed by atoms with Crippen LogP contribution in [0.15, 0.2) is 0 Å². The quantitative estimate of drug-likeness (QED) is 0.785. The van der Waals surface area contributed by atoms with Gasteiger partial charge in [-0.05, 0) is 32.1 Å². The van der Waals surface area contributed by atoms with Gasteiger partial charge in [0.1, 0.15) is 6.04 Å². The zero-order valence-electron chi connectivity index (χ0n) is 13.9. The second-order valence-electron chi connectivity index (χ2n) is 6.85. The maximum Gasteiger partial charge on any atom is 0.242 e. The minimum Gasteiger partial charge on any atom is -0.355 e. The highest BCUT2D eigenvalue weighted by Crippen LogP contribution is 2.28. The molecule has 126 valence electrons. The van der Waals surface area contributed by atoms with Gasteiger partial charge in [-0.1, -0.05) is 32.1 Å². The first-order valence-electron chi connectivity index (χ1n) is 8.94. The van der Waals surface area contributed by atoms with E-state index in [4.69, 9.17) is 5.73 Å². The Morgan fingerprint density at radius 3 is 2.64 bits per heavy atom. The summed E-state index contributed by atoms with van der Waals surface area (Å²) in [6.07, 6.45) is 9.94. The summed E-state index contributed by atoms with van der Waals surface area (Å²) in [4.78, 5) is 26.2. The summed E-state index contributed by atoms with van der Waals surface area (Å²) in [6, 6.07) is -0.438. The maximum absolute atomic E-state index is 12.4. The molecule has 5 nitrogen and oxygen atoms in total. The van der Waals surface area contributed by atoms with Crippen LogP contribution in [-0.2, 0) is 9.59 Å². The van der Waals surface area contributed by atoms with Gasteiger partial charge in [-0.25, -0.2) is 0 Å². The smallest absolute Gasteiger partial charge is 0.242 e. The number of hydrogen-bond donors (Lipinski definition) is 2. The number of likely N-dealkylation sites (tertiary alicyclic amines) is 1. The number of likely N-dealkylation sites (N-methyl/N-ethyl adjacent to an activating group) is 1. The molecule has 1 heterocycles. The Bertz CT molecular complexity index is 380. The van der Waals surface area contributed by atoms with E-state index in [1.165, 1.54) is 32.1 Å². The monoisotopic (exact) mass is 309 g/mol. The first-order valence-corrected chi connectivity index (χ1v) is 8.94. The molecule has 1 aliphatic carbocycles. The van der Waals surface area contributed by atoms with Crippen LogP contribution in [0.25, 0.3) is 0 Å². The molecule has 0 bridgehead atoms. The van der Waals surface area contributed by atoms with Crippen molar-refractivity contribution in [1.29, 1.82) is 0 Å². The number of carbonyl (C=O) groups is 2. The molecule has 1 saturated carbocycles. The first kappa shape index (κ1) is 17.3. The molecule has 0 spiro atoms. The lowest BCUT2D eigenvalue weighted by atomic mass is 9.86. The van der Waals surface area contributed by atoms with Gasteiger partial charge in [-0.3, -0.25) is 9.59 Å². The van der Waals surface area contributed by atoms with Crippen LogP contribution in [0.2, 0.25) is 0 Å². The van der Waals surface area contributed by atoms with Crippen molar-refractivity contribution in [2.24, 2.45) is 11.7 Å². The van der Waals surface area contributed by atoms with E-state index in [-0.39, 0.29) is 23.9 Å². The summed E-state index contributed by atoms with van der Waals surface area (Å²) in [6.45, 7) is 3.00. The van der Waals surface area contributed by atoms with E-state index in [9.17, 15) is 9.59 Å². The molecular weight excluding hydrogens is 278 g/mol. The van der Waals surface area contributed by atoms with Crippen molar-refractivity contribution >= 4 is 11.8 Å². The number of nitrogens with zero attached hydrogens (tertiary/aromatic N) is 1. The molecule has 3 N–H and O–H groups in total. The number of nitrogens with one attached hydrogen (secondary N) is 1. The molecule has 2 aliphatic rings. The molecule has 0 aromatic rings. The molecule has 0 aromatic heterocycles. The fraction of sp³-hybridized carbons (Fsp3) is 0.882. The van der Waals surface area contributed by atoms with Crippen LogP contribution >= 0.6 is 0 Å². The summed E-state index contributed by atoms with van der Waals surface area (Å²) in [5, 5.41) is 2.81. The van der Waals surface area contributed by atoms with Gasteiger partial charge in [0, 0.05) is 25.6 Å². The van der Waals surface area contributed by atoms with Crippen molar-refractivity contribution < 1.29 is 9.59 Å². The van der Waals surface area contributed by atoms with Gasteiger partial charge in [-0.2, -0.15) is 0 Å². The van der Waals surface area contributed by atoms with Crippen molar-refractivity contribution in [1.82, 2.24) is 10.2 Å². The first-order chi connectivity index (χ1) is 10.6. The van der Waals surface area contributed by atoms with Crippen molar-refractivity contribution in [3.05, 3.63) is 0 Å². The molecule has 2 atom stereocenters. The van der Waals surface area contributed by atoms with Gasteiger partial charge in [0.25, 0.3) is 0 Å². The molecule has 2 amide bonds. The molecule has 0 unspecified atom stereocenters. The lowest BCUT2D eigenvalue weighted by Crippen LogP contribution is -2.45. The maximum atomic E-state index is 12.4. The molecule has 1 saturated heterocycles. The molecular formula is C17H31N3O2. The average molecular weight is 309 g/mol. The fourth-order valence-corrected chi connectivity index (χ4v) is 3.85. The normalized spacial score (nSPS) is 26.2. The Kier molecular flexibility index (Phi) is 6.68. The Hall–Kier alpha value is -1.10. The Morgan fingerprint density at radius 2 is 1.95 bits per heavy atom. The molecule has 2 fully saturated rings. The van der Waals surface area contributed by atoms with Crippen LogP contribution in [0.1, 0.15) is 64.7 Å². The van der Waals surface area contributed by atoms with Crippen molar-refractivity contribution in [2.75, 3.05) is 13.1 Å². The minimum atomic E-state index is -0.364. The zero-order chi connectivity index (χ0) is 15.9. The summed E-state index contributed by atoms with van der Waals surface area (Å²) < 4.78 is 0. The second-order valence-corrected chi connectivity index (χ2v) is 6.85. The third kappa shape index (κ3) is 4.70. The number of rotatable bonds is 6. The number of hydrogen-bond acceptors (Lipinski definition) is 3. The lowest BCUT2D eigenvalue weighted by molar-refractivity contribution is -0.138. The van der Waals surface area contributed by atoms with Crippen LogP contribution in [0.4, 0.5) is 0 Å². The molecule has 22 heavy (non-hydrogen) atoms. The zero-order valence-corrected chi connectivity index (χ0v) is 13.9. The molecule has 5 heteroatoms. The van der Waals surface area contributed by atoms with Gasteiger partial charge in [0.2, 0.25) is 11.8 Å². The van der Waals surface area contributed by atoms with Gasteiger partial charge >= 0.3 is 0 Å². The van der Waals surface area contributed by atoms with Crippen LogP contribution < -0.4 is 11.1 Å². The van der Waals surface area contributed by atoms with Crippen LogP contribution in [0.5, 0.6) is 0 Å². The van der Waals surface area contributed by atoms with E-state index in [0.29, 0.717) is 25.9 Å². The van der Waals surface area contributed by atoms with Gasteiger partial charge in [-0.15, -0.1) is 0 Å². The molecule has 0 radical (unpaired) electrons. The number of nitrogens with two attached hydrogens (primary N) is 1. The van der Waals surface area contributed by atoms with E-state index >= 15 is 0 Å². The van der Waals surface area contributed by atoms with Crippen LogP contribution in [0.3, 0.4) is 0 Å². The van der Waals surface area contributed by atoms with E-state index in [0.717, 1.165) is 18.8 Å². The van der Waals surface area contributed by atoms with Crippen LogP contribution in [0, 0.1) is 5.92 Å². The average Bonchev–Trinajstić information content (AvgIpc) is 2.91. The van der Waals surface area contributed by atoms with E-state index in [1.807, 2.05) is 6.92 Å². The van der Waals surface area contributed by atoms with E-state index in [1.54, 1.807) is 4.90 Å². The summed E-state index contributed by atoms with van der Waals surface area (Å²) in [5.41, 5.74) is 5.96. The van der Waals surface area contributed by atoms with E-state index < -0.39 is 0 Å². The topological polar surface area (TPSA) is 75.4 Å². The summed E-state index contributed by atoms with van der Waals surface area (Å²) in [5.74, 6) is 0.845. The minimum absolute atomic E-state index is 0.0592. The van der Waals surface area contributed by atoms with Gasteiger partial charge in [0.15, 0.2) is 0 Å². The van der Waals surface area contributed by atoms with E-state index in [2.05, 4.69) is 5.32 Å². The molecule has 0 aromatic carbocycles. The van der Waals surface area contributed by atoms with Gasteiger partial charge in [0.05, 0.1) is 0 Å². The SMILES string of the molecule is CCNC(=O)[C@@H]1C[C@H](N)CN1C(=O)CCCC1CCCCC1. The van der Waals surface area contributed by atoms with Crippen molar-refractivity contribution in [3.8, 4) is 0 Å².